The molecule has 186 valence electrons. The van der Waals surface area contributed by atoms with Crippen LogP contribution in [0.3, 0.4) is 0 Å². The molecule has 0 saturated carbocycles. The number of aliphatic carboxylic acids is 1. The number of carbonyl (C=O) groups excluding carboxylic acids is 3. The predicted octanol–water partition coefficient (Wildman–Crippen LogP) is -0.715. The maximum atomic E-state index is 12.8. The van der Waals surface area contributed by atoms with E-state index in [-0.39, 0.29) is 22.3 Å². The van der Waals surface area contributed by atoms with Crippen molar-refractivity contribution < 1.29 is 34.1 Å². The second-order valence-electron chi connectivity index (χ2n) is 7.61. The van der Waals surface area contributed by atoms with Crippen LogP contribution in [0.25, 0.3) is 0 Å². The fourth-order valence-corrected chi connectivity index (χ4v) is 5.52. The van der Waals surface area contributed by atoms with Gasteiger partial charge in [-0.3, -0.25) is 19.3 Å². The van der Waals surface area contributed by atoms with Gasteiger partial charge < -0.3 is 27.1 Å². The van der Waals surface area contributed by atoms with E-state index in [0.717, 1.165) is 16.2 Å². The van der Waals surface area contributed by atoms with E-state index in [1.807, 2.05) is 0 Å². The van der Waals surface area contributed by atoms with E-state index in [9.17, 15) is 29.5 Å². The van der Waals surface area contributed by atoms with E-state index >= 15 is 0 Å². The summed E-state index contributed by atoms with van der Waals surface area (Å²) in [6.07, 6.45) is 6.69. The van der Waals surface area contributed by atoms with Gasteiger partial charge in [0.1, 0.15) is 22.8 Å². The summed E-state index contributed by atoms with van der Waals surface area (Å²) in [6.45, 7) is 0.389. The van der Waals surface area contributed by atoms with Crippen LogP contribution in [0.1, 0.15) is 16.1 Å². The highest BCUT2D eigenvalue weighted by Gasteiger charge is 2.54. The summed E-state index contributed by atoms with van der Waals surface area (Å²) in [5.74, 6) is -2.97. The number of carbonyl (C=O) groups is 4. The van der Waals surface area contributed by atoms with Gasteiger partial charge in [-0.05, 0) is 11.6 Å². The number of oxime groups is 1. The zero-order valence-corrected chi connectivity index (χ0v) is 20.0. The molecule has 2 aliphatic rings. The Bertz CT molecular complexity index is 1330. The molecule has 2 aliphatic heterocycles. The topological polar surface area (TPSA) is 205 Å². The Morgan fingerprint density at radius 3 is 2.64 bits per heavy atom. The summed E-state index contributed by atoms with van der Waals surface area (Å²) in [7, 11) is 0. The van der Waals surface area contributed by atoms with Crippen molar-refractivity contribution >= 4 is 57.6 Å². The highest BCUT2D eigenvalue weighted by atomic mass is 32.2. The zero-order valence-electron chi connectivity index (χ0n) is 18.4. The molecule has 2 aromatic heterocycles. The number of nitrogens with two attached hydrogens (primary N) is 2. The normalized spacial score (nSPS) is 19.7. The van der Waals surface area contributed by atoms with Crippen LogP contribution in [0.5, 0.6) is 0 Å². The number of allylic oxidation sites excluding steroid dienone is 2. The molecule has 1 saturated heterocycles. The molecule has 15 heteroatoms. The van der Waals surface area contributed by atoms with Crippen LogP contribution in [0, 0.1) is 0 Å². The molecule has 0 aromatic carbocycles. The van der Waals surface area contributed by atoms with Crippen LogP contribution in [0.4, 0.5) is 5.13 Å². The number of thioether (sulfide) groups is 1. The molecule has 7 N–H and O–H groups in total. The van der Waals surface area contributed by atoms with Gasteiger partial charge in [0.2, 0.25) is 5.91 Å². The molecule has 2 atom stereocenters. The third-order valence-electron chi connectivity index (χ3n) is 5.38. The van der Waals surface area contributed by atoms with E-state index in [1.54, 1.807) is 41.2 Å². The Hall–Kier alpha value is -4.24. The first kappa shape index (κ1) is 24.9. The van der Waals surface area contributed by atoms with Crippen molar-refractivity contribution in [3.05, 3.63) is 64.6 Å². The number of carboxylic acid groups (broad SMARTS) is 1. The van der Waals surface area contributed by atoms with E-state index in [2.05, 4.69) is 15.5 Å². The summed E-state index contributed by atoms with van der Waals surface area (Å²) in [5.41, 5.74) is 11.1. The Labute approximate surface area is 211 Å². The molecule has 0 unspecified atom stereocenters. The van der Waals surface area contributed by atoms with Gasteiger partial charge >= 0.3 is 5.97 Å². The van der Waals surface area contributed by atoms with Crippen LogP contribution in [0.2, 0.25) is 0 Å². The fraction of sp³-hybridized carbons (Fsp3) is 0.190. The minimum atomic E-state index is -1.27. The van der Waals surface area contributed by atoms with Crippen LogP contribution < -0.4 is 21.4 Å². The number of nitrogen functional groups attached to an aromatic ring is 1. The molecule has 0 bridgehead atoms. The maximum Gasteiger partial charge on any atom is 0.352 e. The standard InChI is InChI=1S/C21H19N7O6S2/c22-16(29)10-3-6-27(7-4-10)5-1-2-11-8-35-19-14(18(31)28(19)15(11)20(32)33)25-17(30)13(26-34)12-9-36-21(23)24-12/h1-4,6-7,9,14,19H,5,8H2,(H6-,22,23,24,25,29,30,32,33,34)/p+1/b2-1+/t14-,19-/m1/s1. The summed E-state index contributed by atoms with van der Waals surface area (Å²) in [4.78, 5) is 53.6. The van der Waals surface area contributed by atoms with Gasteiger partial charge in [0.15, 0.2) is 29.8 Å². The van der Waals surface area contributed by atoms with Gasteiger partial charge in [-0.1, -0.05) is 11.2 Å². The maximum absolute atomic E-state index is 12.8. The number of pyridine rings is 1. The third kappa shape index (κ3) is 4.78. The van der Waals surface area contributed by atoms with Crippen LogP contribution in [-0.4, -0.2) is 66.8 Å². The number of nitrogens with one attached hydrogen (secondary N) is 1. The van der Waals surface area contributed by atoms with Gasteiger partial charge in [0, 0.05) is 23.3 Å². The number of hydrogen-bond acceptors (Lipinski definition) is 10. The number of carboxylic acids is 1. The minimum absolute atomic E-state index is 0.0538. The van der Waals surface area contributed by atoms with Gasteiger partial charge in [-0.2, -0.15) is 0 Å². The second-order valence-corrected chi connectivity index (χ2v) is 9.60. The number of nitrogens with zero attached hydrogens (tertiary/aromatic N) is 4. The number of fused-ring (bicyclic) bond motifs is 1. The summed E-state index contributed by atoms with van der Waals surface area (Å²) in [5, 5.41) is 25.5. The number of anilines is 1. The molecule has 0 radical (unpaired) electrons. The lowest BCUT2D eigenvalue weighted by Crippen LogP contribution is -2.71. The molecule has 0 aliphatic carbocycles. The van der Waals surface area contributed by atoms with E-state index in [0.29, 0.717) is 17.7 Å². The molecule has 3 amide bonds. The number of thiazole rings is 1. The van der Waals surface area contributed by atoms with Crippen LogP contribution in [0.15, 0.2) is 58.5 Å². The molecule has 1 fully saturated rings. The van der Waals surface area contributed by atoms with E-state index in [4.69, 9.17) is 11.5 Å². The van der Waals surface area contributed by atoms with Gasteiger partial charge in [0.05, 0.1) is 5.56 Å². The summed E-state index contributed by atoms with van der Waals surface area (Å²) >= 11 is 2.34. The number of primary amides is 1. The van der Waals surface area contributed by atoms with Gasteiger partial charge in [-0.25, -0.2) is 14.3 Å². The first-order valence-electron chi connectivity index (χ1n) is 10.3. The van der Waals surface area contributed by atoms with E-state index < -0.39 is 40.8 Å². The van der Waals surface area contributed by atoms with Crippen molar-refractivity contribution in [3.63, 3.8) is 0 Å². The molecule has 13 nitrogen and oxygen atoms in total. The average Bonchev–Trinajstić information content (AvgIpc) is 3.28. The van der Waals surface area contributed by atoms with Crippen molar-refractivity contribution in [2.24, 2.45) is 10.9 Å². The monoisotopic (exact) mass is 530 g/mol. The molecule has 0 spiro atoms. The van der Waals surface area contributed by atoms with Crippen LogP contribution >= 0.6 is 23.1 Å². The number of amides is 3. The molecule has 2 aromatic rings. The largest absolute Gasteiger partial charge is 0.477 e. The highest BCUT2D eigenvalue weighted by Crippen LogP contribution is 2.40. The first-order chi connectivity index (χ1) is 17.2. The minimum Gasteiger partial charge on any atom is -0.477 e. The molecule has 4 rings (SSSR count). The lowest BCUT2D eigenvalue weighted by Gasteiger charge is -2.49. The molecule has 36 heavy (non-hydrogen) atoms. The lowest BCUT2D eigenvalue weighted by molar-refractivity contribution is -0.687. The van der Waals surface area contributed by atoms with Gasteiger partial charge in [0.25, 0.3) is 11.8 Å². The Morgan fingerprint density at radius 2 is 2.06 bits per heavy atom. The van der Waals surface area contributed by atoms with Crippen molar-refractivity contribution in [1.82, 2.24) is 15.2 Å². The molecular weight excluding hydrogens is 510 g/mol. The number of hydrogen-bond donors (Lipinski definition) is 5. The zero-order chi connectivity index (χ0) is 26.0. The number of rotatable bonds is 8. The van der Waals surface area contributed by atoms with Crippen molar-refractivity contribution in [3.8, 4) is 0 Å². The van der Waals surface area contributed by atoms with Crippen LogP contribution in [-0.2, 0) is 20.9 Å². The Balaban J connectivity index is 1.46. The third-order valence-corrected chi connectivity index (χ3v) is 7.35. The fourth-order valence-electron chi connectivity index (χ4n) is 3.65. The average molecular weight is 531 g/mol. The predicted molar refractivity (Wildman–Crippen MR) is 129 cm³/mol. The number of β-lactam (4-membered cyclic amide) rings is 1. The van der Waals surface area contributed by atoms with E-state index in [1.165, 1.54) is 17.1 Å². The van der Waals surface area contributed by atoms with Gasteiger partial charge in [-0.15, -0.1) is 23.1 Å². The first-order valence-corrected chi connectivity index (χ1v) is 12.2. The molecule has 4 heterocycles. The van der Waals surface area contributed by atoms with Crippen molar-refractivity contribution in [1.29, 1.82) is 0 Å². The molecular formula is C21H20N7O6S2+. The highest BCUT2D eigenvalue weighted by molar-refractivity contribution is 8.00. The quantitative estimate of drug-likeness (QED) is 0.0959. The summed E-state index contributed by atoms with van der Waals surface area (Å²) < 4.78 is 1.76. The second kappa shape index (κ2) is 10.2. The summed E-state index contributed by atoms with van der Waals surface area (Å²) in [6, 6.07) is 2.14. The Kier molecular flexibility index (Phi) is 7.03. The SMILES string of the molecule is NC(=O)c1cc[n+](C/C=C/C2=C(C(=O)O)N3C(=O)[C@@H](NC(=O)/C(=N\O)c4csc(N)n4)[C@H]3SC2)cc1. The van der Waals surface area contributed by atoms with Crippen molar-refractivity contribution in [2.45, 2.75) is 18.0 Å². The van der Waals surface area contributed by atoms with Crippen molar-refractivity contribution in [2.75, 3.05) is 11.5 Å². The smallest absolute Gasteiger partial charge is 0.352 e. The Morgan fingerprint density at radius 1 is 1.33 bits per heavy atom. The number of aromatic nitrogens is 2. The lowest BCUT2D eigenvalue weighted by atomic mass is 10.0.